The first-order valence-electron chi connectivity index (χ1n) is 8.84. The molecule has 0 bridgehead atoms. The highest BCUT2D eigenvalue weighted by Crippen LogP contribution is 2.32. The first kappa shape index (κ1) is 21.4. The highest BCUT2D eigenvalue weighted by atomic mass is 32.2. The minimum absolute atomic E-state index is 0.318. The molecule has 8 heteroatoms. The fraction of sp³-hybridized carbons (Fsp3) is 0.526. The second kappa shape index (κ2) is 9.87. The molecule has 0 radical (unpaired) electrons. The van der Waals surface area contributed by atoms with Gasteiger partial charge in [0.15, 0.2) is 0 Å². The van der Waals surface area contributed by atoms with E-state index in [-0.39, 0.29) is 5.60 Å². The molecule has 0 spiro atoms. The van der Waals surface area contributed by atoms with Gasteiger partial charge < -0.3 is 14.4 Å². The number of hydrogen-bond donors (Lipinski definition) is 0. The predicted molar refractivity (Wildman–Crippen MR) is 108 cm³/mol. The van der Waals surface area contributed by atoms with Crippen molar-refractivity contribution in [2.45, 2.75) is 31.3 Å². The van der Waals surface area contributed by atoms with Crippen LogP contribution in [-0.4, -0.2) is 71.6 Å². The van der Waals surface area contributed by atoms with Crippen molar-refractivity contribution in [1.82, 2.24) is 19.2 Å². The minimum atomic E-state index is -0.318. The van der Waals surface area contributed by atoms with Crippen LogP contribution in [0, 0.1) is 0 Å². The fourth-order valence-corrected chi connectivity index (χ4v) is 3.45. The molecule has 1 aliphatic rings. The van der Waals surface area contributed by atoms with Crippen molar-refractivity contribution >= 4 is 29.3 Å². The van der Waals surface area contributed by atoms with Crippen molar-refractivity contribution in [3.05, 3.63) is 24.5 Å². The molecule has 0 unspecified atom stereocenters. The van der Waals surface area contributed by atoms with Crippen LogP contribution < -0.4 is 4.74 Å². The lowest BCUT2D eigenvalue weighted by molar-refractivity contribution is -0.138. The molecular weight excluding hydrogens is 364 g/mol. The molecule has 3 rings (SSSR count). The van der Waals surface area contributed by atoms with E-state index in [4.69, 9.17) is 4.74 Å². The molecule has 0 N–H and O–H groups in total. The average Bonchev–Trinajstić information content (AvgIpc) is 2.63. The quantitative estimate of drug-likeness (QED) is 0.581. The number of carbonyl (C=O) groups is 1. The van der Waals surface area contributed by atoms with Crippen molar-refractivity contribution in [2.75, 3.05) is 40.3 Å². The molecule has 0 aliphatic carbocycles. The molecule has 1 aromatic heterocycles. The van der Waals surface area contributed by atoms with E-state index < -0.39 is 0 Å². The zero-order chi connectivity index (χ0) is 19.9. The molecule has 2 aromatic rings. The number of likely N-dealkylation sites (N-methyl/N-ethyl adjacent to an activating group) is 1. The van der Waals surface area contributed by atoms with Crippen molar-refractivity contribution in [3.8, 4) is 5.88 Å². The second-order valence-electron chi connectivity index (χ2n) is 7.19. The van der Waals surface area contributed by atoms with E-state index in [0.29, 0.717) is 12.4 Å². The van der Waals surface area contributed by atoms with E-state index in [0.717, 1.165) is 42.0 Å². The third-order valence-corrected chi connectivity index (χ3v) is 5.03. The molecule has 2 heterocycles. The number of rotatable bonds is 4. The molecule has 1 aromatic carbocycles. The molecule has 148 valence electrons. The van der Waals surface area contributed by atoms with Crippen LogP contribution in [0.2, 0.25) is 0 Å². The van der Waals surface area contributed by atoms with Crippen molar-refractivity contribution in [2.24, 2.45) is 0 Å². The maximum absolute atomic E-state index is 9.60. The maximum Gasteiger partial charge on any atom is 0.293 e. The smallest absolute Gasteiger partial charge is 0.293 e. The van der Waals surface area contributed by atoms with Crippen LogP contribution in [-0.2, 0) is 9.53 Å². The summed E-state index contributed by atoms with van der Waals surface area (Å²) in [5, 5.41) is 0.967. The van der Waals surface area contributed by atoms with Gasteiger partial charge in [0.25, 0.3) is 6.47 Å². The standard InChI is InChI=1S/C14H18N4OS.C5H10O2/c1-17-6-8-18(9-7-17)20-12-5-3-4-11-13(12)15-10-16-14(11)19-2;1-5(2,3)7-4-6/h3-5,10H,6-9H2,1-2H3;4H,1-3H3. The van der Waals surface area contributed by atoms with Gasteiger partial charge in [0.2, 0.25) is 5.88 Å². The van der Waals surface area contributed by atoms with Crippen LogP contribution in [0.5, 0.6) is 5.88 Å². The number of methoxy groups -OCH3 is 1. The Kier molecular flexibility index (Phi) is 7.82. The van der Waals surface area contributed by atoms with Crippen molar-refractivity contribution < 1.29 is 14.3 Å². The zero-order valence-electron chi connectivity index (χ0n) is 16.6. The number of benzene rings is 1. The number of fused-ring (bicyclic) bond motifs is 1. The van der Waals surface area contributed by atoms with Gasteiger partial charge in [-0.15, -0.1) is 0 Å². The van der Waals surface area contributed by atoms with Crippen LogP contribution in [0.1, 0.15) is 20.8 Å². The number of aromatic nitrogens is 2. The summed E-state index contributed by atoms with van der Waals surface area (Å²) in [5.74, 6) is 0.635. The third kappa shape index (κ3) is 6.64. The van der Waals surface area contributed by atoms with E-state index in [1.165, 1.54) is 0 Å². The Balaban J connectivity index is 0.000000321. The predicted octanol–water partition coefficient (Wildman–Crippen LogP) is 2.85. The zero-order valence-corrected chi connectivity index (χ0v) is 17.5. The van der Waals surface area contributed by atoms with Crippen LogP contribution in [0.15, 0.2) is 29.4 Å². The maximum atomic E-state index is 9.60. The lowest BCUT2D eigenvalue weighted by atomic mass is 10.2. The summed E-state index contributed by atoms with van der Waals surface area (Å²) in [5.41, 5.74) is 0.644. The number of ether oxygens (including phenoxy) is 2. The number of para-hydroxylation sites is 1. The third-order valence-electron chi connectivity index (χ3n) is 3.88. The largest absolute Gasteiger partial charge is 0.480 e. The fourth-order valence-electron chi connectivity index (χ4n) is 2.44. The van der Waals surface area contributed by atoms with Crippen LogP contribution >= 0.6 is 11.9 Å². The lowest BCUT2D eigenvalue weighted by Gasteiger charge is -2.31. The Morgan fingerprint density at radius 2 is 1.85 bits per heavy atom. The van der Waals surface area contributed by atoms with Crippen molar-refractivity contribution in [3.63, 3.8) is 0 Å². The molecule has 0 amide bonds. The van der Waals surface area contributed by atoms with E-state index in [2.05, 4.69) is 37.0 Å². The van der Waals surface area contributed by atoms with Gasteiger partial charge in [0.05, 0.1) is 18.0 Å². The Morgan fingerprint density at radius 1 is 1.15 bits per heavy atom. The summed E-state index contributed by atoms with van der Waals surface area (Å²) < 4.78 is 12.2. The van der Waals surface area contributed by atoms with Gasteiger partial charge >= 0.3 is 0 Å². The SMILES string of the molecule is CC(C)(C)OC=O.COc1ncnc2c(SN3CCN(C)CC3)cccc12. The van der Waals surface area contributed by atoms with E-state index in [1.54, 1.807) is 25.4 Å². The molecule has 1 saturated heterocycles. The average molecular weight is 393 g/mol. The van der Waals surface area contributed by atoms with Crippen LogP contribution in [0.4, 0.5) is 0 Å². The summed E-state index contributed by atoms with van der Waals surface area (Å²) in [6.45, 7) is 10.3. The Labute approximate surface area is 165 Å². The normalized spacial score (nSPS) is 15.7. The minimum Gasteiger partial charge on any atom is -0.480 e. The van der Waals surface area contributed by atoms with Gasteiger partial charge in [-0.3, -0.25) is 4.79 Å². The van der Waals surface area contributed by atoms with Gasteiger partial charge in [-0.1, -0.05) is 6.07 Å². The van der Waals surface area contributed by atoms with Gasteiger partial charge in [-0.25, -0.2) is 14.3 Å². The van der Waals surface area contributed by atoms with Gasteiger partial charge in [0.1, 0.15) is 11.9 Å². The molecule has 0 saturated carbocycles. The topological polar surface area (TPSA) is 67.8 Å². The summed E-state index contributed by atoms with van der Waals surface area (Å²) >= 11 is 1.78. The molecule has 7 nitrogen and oxygen atoms in total. The number of carbonyl (C=O) groups excluding carboxylic acids is 1. The van der Waals surface area contributed by atoms with E-state index in [1.807, 2.05) is 32.9 Å². The molecule has 1 fully saturated rings. The molecular formula is C19H28N4O3S. The second-order valence-corrected chi connectivity index (χ2v) is 8.32. The summed E-state index contributed by atoms with van der Waals surface area (Å²) in [6, 6.07) is 6.15. The molecule has 0 atom stereocenters. The first-order valence-corrected chi connectivity index (χ1v) is 9.62. The highest BCUT2D eigenvalue weighted by Gasteiger charge is 2.17. The number of piperazine rings is 1. The van der Waals surface area contributed by atoms with Crippen LogP contribution in [0.25, 0.3) is 10.9 Å². The number of hydrogen-bond acceptors (Lipinski definition) is 8. The first-order chi connectivity index (χ1) is 12.8. The van der Waals surface area contributed by atoms with Gasteiger partial charge in [-0.2, -0.15) is 0 Å². The molecule has 27 heavy (non-hydrogen) atoms. The Hall–Kier alpha value is -1.90. The Morgan fingerprint density at radius 3 is 2.41 bits per heavy atom. The number of nitrogens with zero attached hydrogens (tertiary/aromatic N) is 4. The molecule has 1 aliphatic heterocycles. The summed E-state index contributed by atoms with van der Waals surface area (Å²) in [4.78, 5) is 21.7. The van der Waals surface area contributed by atoms with Crippen molar-refractivity contribution in [1.29, 1.82) is 0 Å². The monoisotopic (exact) mass is 392 g/mol. The summed E-state index contributed by atoms with van der Waals surface area (Å²) in [7, 11) is 3.81. The van der Waals surface area contributed by atoms with Crippen LogP contribution in [0.3, 0.4) is 0 Å². The summed E-state index contributed by atoms with van der Waals surface area (Å²) in [6.07, 6.45) is 1.56. The lowest BCUT2D eigenvalue weighted by Crippen LogP contribution is -2.40. The van der Waals surface area contributed by atoms with E-state index in [9.17, 15) is 4.79 Å². The van der Waals surface area contributed by atoms with E-state index >= 15 is 0 Å². The highest BCUT2D eigenvalue weighted by molar-refractivity contribution is 7.97. The van der Waals surface area contributed by atoms with Gasteiger partial charge in [0, 0.05) is 31.1 Å². The van der Waals surface area contributed by atoms with Gasteiger partial charge in [-0.05, 0) is 51.9 Å². The Bertz CT molecular complexity index is 743.